The molecule has 1 aliphatic rings. The van der Waals surface area contributed by atoms with Crippen molar-refractivity contribution >= 4 is 11.8 Å². The standard InChI is InChI=1S/C10H20OS/c1-10(2,8-11)6-9-4-3-5-12-7-9/h9,11H,3-8H2,1-2H3. The first kappa shape index (κ1) is 10.4. The minimum atomic E-state index is 0.141. The van der Waals surface area contributed by atoms with Gasteiger partial charge in [0.1, 0.15) is 0 Å². The van der Waals surface area contributed by atoms with Crippen molar-refractivity contribution in [3.63, 3.8) is 0 Å². The van der Waals surface area contributed by atoms with Gasteiger partial charge in [0.15, 0.2) is 0 Å². The van der Waals surface area contributed by atoms with Crippen molar-refractivity contribution in [2.24, 2.45) is 11.3 Å². The van der Waals surface area contributed by atoms with Gasteiger partial charge in [0, 0.05) is 6.61 Å². The Morgan fingerprint density at radius 2 is 2.25 bits per heavy atom. The van der Waals surface area contributed by atoms with E-state index < -0.39 is 0 Å². The highest BCUT2D eigenvalue weighted by Crippen LogP contribution is 2.32. The van der Waals surface area contributed by atoms with Gasteiger partial charge in [-0.15, -0.1) is 0 Å². The van der Waals surface area contributed by atoms with Crippen LogP contribution in [0.5, 0.6) is 0 Å². The van der Waals surface area contributed by atoms with Crippen molar-refractivity contribution in [3.05, 3.63) is 0 Å². The van der Waals surface area contributed by atoms with Crippen LogP contribution in [0.15, 0.2) is 0 Å². The lowest BCUT2D eigenvalue weighted by atomic mass is 9.82. The fourth-order valence-corrected chi connectivity index (χ4v) is 2.97. The molecule has 0 aromatic heterocycles. The smallest absolute Gasteiger partial charge is 0.0482 e. The Morgan fingerprint density at radius 1 is 1.50 bits per heavy atom. The number of hydrogen-bond acceptors (Lipinski definition) is 2. The molecular formula is C10H20OS. The number of thioether (sulfide) groups is 1. The molecule has 1 atom stereocenters. The molecule has 0 radical (unpaired) electrons. The molecular weight excluding hydrogens is 168 g/mol. The third kappa shape index (κ3) is 3.36. The van der Waals surface area contributed by atoms with Crippen LogP contribution in [0.4, 0.5) is 0 Å². The van der Waals surface area contributed by atoms with Crippen LogP contribution in [-0.2, 0) is 0 Å². The predicted octanol–water partition coefficient (Wildman–Crippen LogP) is 2.54. The normalized spacial score (nSPS) is 25.8. The quantitative estimate of drug-likeness (QED) is 0.734. The van der Waals surface area contributed by atoms with Crippen LogP contribution in [0.3, 0.4) is 0 Å². The van der Waals surface area contributed by atoms with Crippen molar-refractivity contribution in [2.45, 2.75) is 33.1 Å². The Hall–Kier alpha value is 0.310. The Bertz CT molecular complexity index is 128. The van der Waals surface area contributed by atoms with E-state index in [1.54, 1.807) is 0 Å². The molecule has 0 aromatic carbocycles. The second kappa shape index (κ2) is 4.52. The van der Waals surface area contributed by atoms with E-state index >= 15 is 0 Å². The van der Waals surface area contributed by atoms with Crippen molar-refractivity contribution in [2.75, 3.05) is 18.1 Å². The van der Waals surface area contributed by atoms with E-state index in [2.05, 4.69) is 25.6 Å². The van der Waals surface area contributed by atoms with Crippen LogP contribution < -0.4 is 0 Å². The lowest BCUT2D eigenvalue weighted by Gasteiger charge is -2.29. The van der Waals surface area contributed by atoms with E-state index in [4.69, 9.17) is 5.11 Å². The monoisotopic (exact) mass is 188 g/mol. The maximum atomic E-state index is 9.12. The highest BCUT2D eigenvalue weighted by molar-refractivity contribution is 7.99. The Morgan fingerprint density at radius 3 is 2.75 bits per heavy atom. The molecule has 1 nitrogen and oxygen atoms in total. The van der Waals surface area contributed by atoms with Gasteiger partial charge in [-0.1, -0.05) is 13.8 Å². The summed E-state index contributed by atoms with van der Waals surface area (Å²) in [6, 6.07) is 0. The summed E-state index contributed by atoms with van der Waals surface area (Å²) in [6.45, 7) is 4.65. The average molecular weight is 188 g/mol. The zero-order valence-corrected chi connectivity index (χ0v) is 8.99. The zero-order chi connectivity index (χ0) is 9.03. The SMILES string of the molecule is CC(C)(CO)CC1CCCSC1. The van der Waals surface area contributed by atoms with Gasteiger partial charge in [0.2, 0.25) is 0 Å². The van der Waals surface area contributed by atoms with Gasteiger partial charge in [-0.05, 0) is 42.1 Å². The van der Waals surface area contributed by atoms with Gasteiger partial charge in [0.25, 0.3) is 0 Å². The Kier molecular flexibility index (Phi) is 3.91. The summed E-state index contributed by atoms with van der Waals surface area (Å²) in [5, 5.41) is 9.12. The van der Waals surface area contributed by atoms with Crippen molar-refractivity contribution < 1.29 is 5.11 Å². The van der Waals surface area contributed by atoms with Crippen LogP contribution in [0.2, 0.25) is 0 Å². The summed E-state index contributed by atoms with van der Waals surface area (Å²) in [6.07, 6.45) is 3.93. The summed E-state index contributed by atoms with van der Waals surface area (Å²) >= 11 is 2.07. The topological polar surface area (TPSA) is 20.2 Å². The molecule has 0 saturated carbocycles. The maximum absolute atomic E-state index is 9.12. The fourth-order valence-electron chi connectivity index (χ4n) is 1.81. The molecule has 1 fully saturated rings. The molecule has 0 amide bonds. The van der Waals surface area contributed by atoms with E-state index in [9.17, 15) is 0 Å². The molecule has 1 heterocycles. The third-order valence-corrected chi connectivity index (χ3v) is 3.81. The minimum Gasteiger partial charge on any atom is -0.396 e. The number of hydrogen-bond donors (Lipinski definition) is 1. The molecule has 72 valence electrons. The van der Waals surface area contributed by atoms with Crippen molar-refractivity contribution in [1.82, 2.24) is 0 Å². The summed E-state index contributed by atoms with van der Waals surface area (Å²) < 4.78 is 0. The van der Waals surface area contributed by atoms with Gasteiger partial charge in [0.05, 0.1) is 0 Å². The first-order valence-corrected chi connectivity index (χ1v) is 5.98. The van der Waals surface area contributed by atoms with E-state index in [0.29, 0.717) is 6.61 Å². The largest absolute Gasteiger partial charge is 0.396 e. The minimum absolute atomic E-state index is 0.141. The molecule has 0 aliphatic carbocycles. The summed E-state index contributed by atoms with van der Waals surface area (Å²) in [5.74, 6) is 3.50. The summed E-state index contributed by atoms with van der Waals surface area (Å²) in [7, 11) is 0. The van der Waals surface area contributed by atoms with Crippen molar-refractivity contribution in [3.8, 4) is 0 Å². The molecule has 1 rings (SSSR count). The van der Waals surface area contributed by atoms with Gasteiger partial charge < -0.3 is 5.11 Å². The van der Waals surface area contributed by atoms with E-state index in [1.807, 2.05) is 0 Å². The van der Waals surface area contributed by atoms with Crippen LogP contribution in [0.1, 0.15) is 33.1 Å². The highest BCUT2D eigenvalue weighted by Gasteiger charge is 2.23. The van der Waals surface area contributed by atoms with Gasteiger partial charge in [-0.3, -0.25) is 0 Å². The molecule has 0 spiro atoms. The zero-order valence-electron chi connectivity index (χ0n) is 8.18. The van der Waals surface area contributed by atoms with Gasteiger partial charge >= 0.3 is 0 Å². The summed E-state index contributed by atoms with van der Waals surface area (Å²) in [4.78, 5) is 0. The molecule has 2 heteroatoms. The average Bonchev–Trinajstić information content (AvgIpc) is 2.06. The number of aliphatic hydroxyl groups is 1. The molecule has 1 aliphatic heterocycles. The maximum Gasteiger partial charge on any atom is 0.0482 e. The van der Waals surface area contributed by atoms with E-state index in [-0.39, 0.29) is 5.41 Å². The van der Waals surface area contributed by atoms with Gasteiger partial charge in [-0.2, -0.15) is 11.8 Å². The highest BCUT2D eigenvalue weighted by atomic mass is 32.2. The Balaban J connectivity index is 2.28. The fraction of sp³-hybridized carbons (Fsp3) is 1.00. The summed E-state index contributed by atoms with van der Waals surface area (Å²) in [5.41, 5.74) is 0.141. The first-order chi connectivity index (χ1) is 5.64. The number of aliphatic hydroxyl groups excluding tert-OH is 1. The lowest BCUT2D eigenvalue weighted by molar-refractivity contribution is 0.131. The second-order valence-electron chi connectivity index (χ2n) is 4.61. The van der Waals surface area contributed by atoms with Crippen molar-refractivity contribution in [1.29, 1.82) is 0 Å². The van der Waals surface area contributed by atoms with Crippen LogP contribution >= 0.6 is 11.8 Å². The molecule has 1 unspecified atom stereocenters. The number of rotatable bonds is 3. The molecule has 0 bridgehead atoms. The van der Waals surface area contributed by atoms with Crippen LogP contribution in [0, 0.1) is 11.3 Å². The lowest BCUT2D eigenvalue weighted by Crippen LogP contribution is -2.24. The molecule has 1 saturated heterocycles. The third-order valence-electron chi connectivity index (χ3n) is 2.52. The van der Waals surface area contributed by atoms with Gasteiger partial charge in [-0.25, -0.2) is 0 Å². The second-order valence-corrected chi connectivity index (χ2v) is 5.76. The molecule has 1 N–H and O–H groups in total. The van der Waals surface area contributed by atoms with E-state index in [1.165, 1.54) is 30.8 Å². The van der Waals surface area contributed by atoms with E-state index in [0.717, 1.165) is 5.92 Å². The van der Waals surface area contributed by atoms with Crippen LogP contribution in [-0.4, -0.2) is 23.2 Å². The molecule has 12 heavy (non-hydrogen) atoms. The van der Waals surface area contributed by atoms with Crippen LogP contribution in [0.25, 0.3) is 0 Å². The Labute approximate surface area is 79.9 Å². The predicted molar refractivity (Wildman–Crippen MR) is 55.5 cm³/mol. The molecule has 0 aromatic rings. The first-order valence-electron chi connectivity index (χ1n) is 4.83.